The number of nitrogens with one attached hydrogen (secondary N) is 1. The van der Waals surface area contributed by atoms with Crippen LogP contribution in [-0.4, -0.2) is 24.2 Å². The van der Waals surface area contributed by atoms with E-state index in [2.05, 4.69) is 5.32 Å². The molecule has 0 radical (unpaired) electrons. The van der Waals surface area contributed by atoms with Gasteiger partial charge in [0.1, 0.15) is 5.75 Å². The van der Waals surface area contributed by atoms with Crippen molar-refractivity contribution >= 4 is 5.91 Å². The zero-order valence-corrected chi connectivity index (χ0v) is 13.4. The quantitative estimate of drug-likeness (QED) is 0.788. The van der Waals surface area contributed by atoms with E-state index in [1.165, 1.54) is 0 Å². The zero-order valence-electron chi connectivity index (χ0n) is 13.4. The Kier molecular flexibility index (Phi) is 6.63. The van der Waals surface area contributed by atoms with E-state index in [-0.39, 0.29) is 18.6 Å². The standard InChI is InChI=1S/C19H23NO3/c1-2-23-17-11-8-15(9-12-17)10-13-19(22)20-18(14-21)16-6-4-3-5-7-16/h3-9,11-12,18,21H,2,10,13-14H2,1H3,(H,20,22). The molecule has 0 heterocycles. The number of carbonyl (C=O) groups excluding carboxylic acids is 1. The SMILES string of the molecule is CCOc1ccc(CCC(=O)NC(CO)c2ccccc2)cc1. The van der Waals surface area contributed by atoms with Gasteiger partial charge in [-0.25, -0.2) is 0 Å². The number of aliphatic hydroxyl groups is 1. The molecule has 0 saturated carbocycles. The summed E-state index contributed by atoms with van der Waals surface area (Å²) in [4.78, 5) is 12.1. The molecule has 0 aliphatic heterocycles. The molecule has 4 nitrogen and oxygen atoms in total. The number of benzene rings is 2. The van der Waals surface area contributed by atoms with Crippen LogP contribution in [0.2, 0.25) is 0 Å². The molecule has 2 rings (SSSR count). The Hall–Kier alpha value is -2.33. The highest BCUT2D eigenvalue weighted by molar-refractivity contribution is 5.76. The lowest BCUT2D eigenvalue weighted by atomic mass is 10.1. The van der Waals surface area contributed by atoms with Crippen LogP contribution in [0.1, 0.15) is 30.5 Å². The van der Waals surface area contributed by atoms with Gasteiger partial charge in [-0.1, -0.05) is 42.5 Å². The minimum Gasteiger partial charge on any atom is -0.494 e. The van der Waals surface area contributed by atoms with Crippen LogP contribution in [0.3, 0.4) is 0 Å². The van der Waals surface area contributed by atoms with Crippen molar-refractivity contribution in [3.05, 3.63) is 65.7 Å². The fourth-order valence-corrected chi connectivity index (χ4v) is 2.36. The summed E-state index contributed by atoms with van der Waals surface area (Å²) in [6, 6.07) is 16.9. The molecule has 0 fully saturated rings. The summed E-state index contributed by atoms with van der Waals surface area (Å²) in [7, 11) is 0. The Morgan fingerprint density at radius 3 is 2.43 bits per heavy atom. The van der Waals surface area contributed by atoms with E-state index in [1.807, 2.05) is 61.5 Å². The number of hydrogen-bond acceptors (Lipinski definition) is 3. The van der Waals surface area contributed by atoms with E-state index >= 15 is 0 Å². The lowest BCUT2D eigenvalue weighted by Gasteiger charge is -2.16. The van der Waals surface area contributed by atoms with Crippen LogP contribution in [0.4, 0.5) is 0 Å². The lowest BCUT2D eigenvalue weighted by molar-refractivity contribution is -0.122. The Morgan fingerprint density at radius 2 is 1.83 bits per heavy atom. The fraction of sp³-hybridized carbons (Fsp3) is 0.316. The van der Waals surface area contributed by atoms with Gasteiger partial charge in [0.15, 0.2) is 0 Å². The van der Waals surface area contributed by atoms with Gasteiger partial charge in [0.25, 0.3) is 0 Å². The second kappa shape index (κ2) is 8.96. The first-order valence-electron chi connectivity index (χ1n) is 7.90. The summed E-state index contributed by atoms with van der Waals surface area (Å²) in [5, 5.41) is 12.3. The van der Waals surface area contributed by atoms with Crippen molar-refractivity contribution in [1.29, 1.82) is 0 Å². The van der Waals surface area contributed by atoms with Crippen LogP contribution in [0.15, 0.2) is 54.6 Å². The normalized spacial score (nSPS) is 11.7. The van der Waals surface area contributed by atoms with Gasteiger partial charge >= 0.3 is 0 Å². The molecule has 0 saturated heterocycles. The van der Waals surface area contributed by atoms with Crippen LogP contribution in [0, 0.1) is 0 Å². The van der Waals surface area contributed by atoms with Crippen molar-refractivity contribution in [2.24, 2.45) is 0 Å². The Balaban J connectivity index is 1.84. The molecule has 1 amide bonds. The predicted octanol–water partition coefficient (Wildman–Crippen LogP) is 2.87. The molecule has 2 aromatic carbocycles. The molecule has 0 aliphatic rings. The first-order valence-corrected chi connectivity index (χ1v) is 7.90. The van der Waals surface area contributed by atoms with E-state index in [4.69, 9.17) is 4.74 Å². The average Bonchev–Trinajstić information content (AvgIpc) is 2.60. The maximum Gasteiger partial charge on any atom is 0.220 e. The van der Waals surface area contributed by atoms with Gasteiger partial charge in [-0.05, 0) is 36.6 Å². The number of aliphatic hydroxyl groups excluding tert-OH is 1. The van der Waals surface area contributed by atoms with Crippen LogP contribution < -0.4 is 10.1 Å². The fourth-order valence-electron chi connectivity index (χ4n) is 2.36. The largest absolute Gasteiger partial charge is 0.494 e. The van der Waals surface area contributed by atoms with Gasteiger partial charge in [-0.15, -0.1) is 0 Å². The number of rotatable bonds is 8. The van der Waals surface area contributed by atoms with Crippen molar-refractivity contribution in [2.75, 3.05) is 13.2 Å². The average molecular weight is 313 g/mol. The van der Waals surface area contributed by atoms with Crippen molar-refractivity contribution in [1.82, 2.24) is 5.32 Å². The number of amides is 1. The Labute approximate surface area is 137 Å². The molecule has 2 aromatic rings. The van der Waals surface area contributed by atoms with Crippen molar-refractivity contribution < 1.29 is 14.6 Å². The van der Waals surface area contributed by atoms with Crippen LogP contribution in [0.5, 0.6) is 5.75 Å². The summed E-state index contributed by atoms with van der Waals surface area (Å²) in [6.07, 6.45) is 1.04. The molecule has 0 aliphatic carbocycles. The molecule has 0 spiro atoms. The Bertz CT molecular complexity index is 596. The number of hydrogen-bond donors (Lipinski definition) is 2. The molecule has 2 N–H and O–H groups in total. The van der Waals surface area contributed by atoms with Gasteiger partial charge in [0.2, 0.25) is 5.91 Å². The van der Waals surface area contributed by atoms with Crippen LogP contribution in [0.25, 0.3) is 0 Å². The highest BCUT2D eigenvalue weighted by atomic mass is 16.5. The maximum absolute atomic E-state index is 12.1. The molecule has 1 unspecified atom stereocenters. The molecule has 122 valence electrons. The molecule has 0 bridgehead atoms. The summed E-state index contributed by atoms with van der Waals surface area (Å²) in [5.74, 6) is 0.770. The van der Waals surface area contributed by atoms with Crippen molar-refractivity contribution in [2.45, 2.75) is 25.8 Å². The van der Waals surface area contributed by atoms with Crippen molar-refractivity contribution in [3.63, 3.8) is 0 Å². The molecule has 1 atom stereocenters. The van der Waals surface area contributed by atoms with E-state index in [0.29, 0.717) is 19.4 Å². The van der Waals surface area contributed by atoms with Gasteiger partial charge in [0.05, 0.1) is 19.3 Å². The van der Waals surface area contributed by atoms with Crippen LogP contribution in [-0.2, 0) is 11.2 Å². The maximum atomic E-state index is 12.1. The lowest BCUT2D eigenvalue weighted by Crippen LogP contribution is -2.30. The molecular formula is C19H23NO3. The molecular weight excluding hydrogens is 290 g/mol. The molecule has 4 heteroatoms. The van der Waals surface area contributed by atoms with Gasteiger partial charge < -0.3 is 15.2 Å². The third-order valence-electron chi connectivity index (χ3n) is 3.59. The van der Waals surface area contributed by atoms with E-state index in [9.17, 15) is 9.90 Å². The summed E-state index contributed by atoms with van der Waals surface area (Å²) >= 11 is 0. The number of aryl methyl sites for hydroxylation is 1. The number of carbonyl (C=O) groups is 1. The minimum atomic E-state index is -0.357. The van der Waals surface area contributed by atoms with E-state index < -0.39 is 0 Å². The molecule has 0 aromatic heterocycles. The molecule has 23 heavy (non-hydrogen) atoms. The smallest absolute Gasteiger partial charge is 0.220 e. The van der Waals surface area contributed by atoms with Gasteiger partial charge in [-0.2, -0.15) is 0 Å². The van der Waals surface area contributed by atoms with E-state index in [1.54, 1.807) is 0 Å². The zero-order chi connectivity index (χ0) is 16.5. The van der Waals surface area contributed by atoms with Gasteiger partial charge in [-0.3, -0.25) is 4.79 Å². The highest BCUT2D eigenvalue weighted by Crippen LogP contribution is 2.14. The van der Waals surface area contributed by atoms with Crippen molar-refractivity contribution in [3.8, 4) is 5.75 Å². The third kappa shape index (κ3) is 5.42. The monoisotopic (exact) mass is 313 g/mol. The predicted molar refractivity (Wildman–Crippen MR) is 90.3 cm³/mol. The minimum absolute atomic E-state index is 0.0678. The first-order chi connectivity index (χ1) is 11.2. The first kappa shape index (κ1) is 17.0. The van der Waals surface area contributed by atoms with E-state index in [0.717, 1.165) is 16.9 Å². The third-order valence-corrected chi connectivity index (χ3v) is 3.59. The summed E-state index contributed by atoms with van der Waals surface area (Å²) < 4.78 is 5.40. The topological polar surface area (TPSA) is 58.6 Å². The van der Waals surface area contributed by atoms with Gasteiger partial charge in [0, 0.05) is 6.42 Å². The second-order valence-corrected chi connectivity index (χ2v) is 5.29. The number of ether oxygens (including phenoxy) is 1. The second-order valence-electron chi connectivity index (χ2n) is 5.29. The summed E-state index contributed by atoms with van der Waals surface area (Å²) in [6.45, 7) is 2.48. The highest BCUT2D eigenvalue weighted by Gasteiger charge is 2.13. The summed E-state index contributed by atoms with van der Waals surface area (Å²) in [5.41, 5.74) is 1.99. The van der Waals surface area contributed by atoms with Crippen LogP contribution >= 0.6 is 0 Å². The Morgan fingerprint density at radius 1 is 1.13 bits per heavy atom.